The van der Waals surface area contributed by atoms with E-state index in [1.807, 2.05) is 13.8 Å². The Morgan fingerprint density at radius 1 is 0.933 bits per heavy atom. The molecule has 0 aromatic rings. The first-order valence-electron chi connectivity index (χ1n) is 6.75. The zero-order valence-corrected chi connectivity index (χ0v) is 10.8. The van der Waals surface area contributed by atoms with Gasteiger partial charge in [0, 0.05) is 6.54 Å². The minimum Gasteiger partial charge on any atom is -0.306 e. The summed E-state index contributed by atoms with van der Waals surface area (Å²) in [6.07, 6.45) is 5.72. The van der Waals surface area contributed by atoms with Crippen molar-refractivity contribution in [2.75, 3.05) is 39.8 Å². The molecule has 2 nitrogen and oxygen atoms in total. The second kappa shape index (κ2) is 7.24. The standard InChI is InChI=1S/C11H22N2.C2H6/c1-12-8-4-11(5-9-12)10-13-6-2-3-7-13;1-2/h11H,2-10H2,1H3;1-2H3. The number of piperidine rings is 1. The average Bonchev–Trinajstić information content (AvgIpc) is 2.77. The summed E-state index contributed by atoms with van der Waals surface area (Å²) in [6, 6.07) is 0. The van der Waals surface area contributed by atoms with E-state index in [0.717, 1.165) is 5.92 Å². The van der Waals surface area contributed by atoms with Crippen molar-refractivity contribution in [1.29, 1.82) is 0 Å². The molecule has 2 aliphatic heterocycles. The van der Waals surface area contributed by atoms with Crippen LogP contribution in [0.4, 0.5) is 0 Å². The average molecular weight is 212 g/mol. The Morgan fingerprint density at radius 3 is 2.00 bits per heavy atom. The van der Waals surface area contributed by atoms with E-state index in [2.05, 4.69) is 16.8 Å². The molecule has 2 heteroatoms. The van der Waals surface area contributed by atoms with Gasteiger partial charge in [0.15, 0.2) is 0 Å². The summed E-state index contributed by atoms with van der Waals surface area (Å²) < 4.78 is 0. The first-order chi connectivity index (χ1) is 7.34. The molecule has 0 atom stereocenters. The maximum absolute atomic E-state index is 2.66. The Hall–Kier alpha value is -0.0800. The van der Waals surface area contributed by atoms with Crippen LogP contribution in [0.5, 0.6) is 0 Å². The molecular formula is C13H28N2. The molecule has 2 aliphatic rings. The first kappa shape index (κ1) is 13.0. The zero-order chi connectivity index (χ0) is 11.1. The van der Waals surface area contributed by atoms with E-state index < -0.39 is 0 Å². The normalized spacial score (nSPS) is 25.0. The Bertz CT molecular complexity index is 145. The number of hydrogen-bond acceptors (Lipinski definition) is 2. The third-order valence-electron chi connectivity index (χ3n) is 3.55. The fraction of sp³-hybridized carbons (Fsp3) is 1.00. The molecule has 0 unspecified atom stereocenters. The van der Waals surface area contributed by atoms with Gasteiger partial charge in [-0.15, -0.1) is 0 Å². The Balaban J connectivity index is 0.000000531. The van der Waals surface area contributed by atoms with Crippen LogP contribution in [0.25, 0.3) is 0 Å². The molecule has 0 aromatic carbocycles. The minimum atomic E-state index is 0.995. The highest BCUT2D eigenvalue weighted by molar-refractivity contribution is 4.75. The number of hydrogen-bond donors (Lipinski definition) is 0. The number of rotatable bonds is 2. The monoisotopic (exact) mass is 212 g/mol. The molecule has 15 heavy (non-hydrogen) atoms. The van der Waals surface area contributed by atoms with Crippen LogP contribution in [-0.4, -0.2) is 49.6 Å². The maximum Gasteiger partial charge on any atom is 0.00106 e. The molecular weight excluding hydrogens is 184 g/mol. The summed E-state index contributed by atoms with van der Waals surface area (Å²) in [7, 11) is 2.24. The lowest BCUT2D eigenvalue weighted by atomic mass is 9.97. The first-order valence-corrected chi connectivity index (χ1v) is 6.75. The number of nitrogens with zero attached hydrogens (tertiary/aromatic N) is 2. The Labute approximate surface area is 95.6 Å². The van der Waals surface area contributed by atoms with Crippen LogP contribution < -0.4 is 0 Å². The van der Waals surface area contributed by atoms with E-state index in [1.165, 1.54) is 58.4 Å². The summed E-state index contributed by atoms with van der Waals surface area (Å²) in [5.74, 6) is 0.995. The lowest BCUT2D eigenvalue weighted by Gasteiger charge is -2.31. The van der Waals surface area contributed by atoms with Gasteiger partial charge in [0.25, 0.3) is 0 Å². The van der Waals surface area contributed by atoms with Crippen molar-refractivity contribution < 1.29 is 0 Å². The lowest BCUT2D eigenvalue weighted by Crippen LogP contribution is -2.36. The van der Waals surface area contributed by atoms with Crippen LogP contribution in [0, 0.1) is 5.92 Å². The fourth-order valence-electron chi connectivity index (χ4n) is 2.57. The van der Waals surface area contributed by atoms with Crippen LogP contribution in [0.15, 0.2) is 0 Å². The number of likely N-dealkylation sites (tertiary alicyclic amines) is 2. The highest BCUT2D eigenvalue weighted by atomic mass is 15.1. The van der Waals surface area contributed by atoms with Gasteiger partial charge in [-0.3, -0.25) is 0 Å². The maximum atomic E-state index is 2.66. The highest BCUT2D eigenvalue weighted by Gasteiger charge is 2.20. The molecule has 0 saturated carbocycles. The van der Waals surface area contributed by atoms with Crippen LogP contribution in [0.3, 0.4) is 0 Å². The van der Waals surface area contributed by atoms with Crippen molar-refractivity contribution in [3.8, 4) is 0 Å². The molecule has 2 heterocycles. The minimum absolute atomic E-state index is 0.995. The smallest absolute Gasteiger partial charge is 0.00106 e. The predicted octanol–water partition coefficient (Wildman–Crippen LogP) is 2.45. The summed E-state index contributed by atoms with van der Waals surface area (Å²) in [5.41, 5.74) is 0. The molecule has 0 bridgehead atoms. The van der Waals surface area contributed by atoms with Crippen molar-refractivity contribution in [3.63, 3.8) is 0 Å². The zero-order valence-electron chi connectivity index (χ0n) is 10.8. The Kier molecular flexibility index (Phi) is 6.26. The van der Waals surface area contributed by atoms with Gasteiger partial charge in [-0.25, -0.2) is 0 Å². The van der Waals surface area contributed by atoms with Gasteiger partial charge >= 0.3 is 0 Å². The van der Waals surface area contributed by atoms with Crippen molar-refractivity contribution in [3.05, 3.63) is 0 Å². The van der Waals surface area contributed by atoms with E-state index in [1.54, 1.807) is 0 Å². The summed E-state index contributed by atoms with van der Waals surface area (Å²) in [4.78, 5) is 5.12. The van der Waals surface area contributed by atoms with Gasteiger partial charge in [-0.1, -0.05) is 13.8 Å². The van der Waals surface area contributed by atoms with Gasteiger partial charge in [0.2, 0.25) is 0 Å². The summed E-state index contributed by atoms with van der Waals surface area (Å²) in [6.45, 7) is 10.8. The Morgan fingerprint density at radius 2 is 1.47 bits per heavy atom. The van der Waals surface area contributed by atoms with E-state index in [9.17, 15) is 0 Å². The molecule has 0 aliphatic carbocycles. The van der Waals surface area contributed by atoms with Gasteiger partial charge in [-0.2, -0.15) is 0 Å². The van der Waals surface area contributed by atoms with Crippen molar-refractivity contribution >= 4 is 0 Å². The molecule has 0 aromatic heterocycles. The molecule has 2 rings (SSSR count). The topological polar surface area (TPSA) is 6.48 Å². The fourth-order valence-corrected chi connectivity index (χ4v) is 2.57. The van der Waals surface area contributed by atoms with Crippen molar-refractivity contribution in [2.24, 2.45) is 5.92 Å². The van der Waals surface area contributed by atoms with Crippen LogP contribution in [0.1, 0.15) is 39.5 Å². The molecule has 0 spiro atoms. The molecule has 2 saturated heterocycles. The highest BCUT2D eigenvalue weighted by Crippen LogP contribution is 2.19. The van der Waals surface area contributed by atoms with Crippen LogP contribution in [0.2, 0.25) is 0 Å². The predicted molar refractivity (Wildman–Crippen MR) is 67.2 cm³/mol. The largest absolute Gasteiger partial charge is 0.306 e. The van der Waals surface area contributed by atoms with Gasteiger partial charge in [0.1, 0.15) is 0 Å². The molecule has 0 amide bonds. The summed E-state index contributed by atoms with van der Waals surface area (Å²) in [5, 5.41) is 0. The van der Waals surface area contributed by atoms with Crippen molar-refractivity contribution in [1.82, 2.24) is 9.80 Å². The van der Waals surface area contributed by atoms with Gasteiger partial charge in [0.05, 0.1) is 0 Å². The van der Waals surface area contributed by atoms with E-state index in [0.29, 0.717) is 0 Å². The molecule has 0 N–H and O–H groups in total. The SMILES string of the molecule is CC.CN1CCC(CN2CCCC2)CC1. The van der Waals surface area contributed by atoms with Gasteiger partial charge in [-0.05, 0) is 64.8 Å². The third kappa shape index (κ3) is 4.52. The molecule has 90 valence electrons. The summed E-state index contributed by atoms with van der Waals surface area (Å²) >= 11 is 0. The molecule has 0 radical (unpaired) electrons. The van der Waals surface area contributed by atoms with Crippen LogP contribution in [-0.2, 0) is 0 Å². The lowest BCUT2D eigenvalue weighted by molar-refractivity contribution is 0.176. The quantitative estimate of drug-likeness (QED) is 0.694. The van der Waals surface area contributed by atoms with Crippen LogP contribution >= 0.6 is 0 Å². The third-order valence-corrected chi connectivity index (χ3v) is 3.55. The molecule has 2 fully saturated rings. The van der Waals surface area contributed by atoms with E-state index in [-0.39, 0.29) is 0 Å². The van der Waals surface area contributed by atoms with E-state index in [4.69, 9.17) is 0 Å². The second-order valence-corrected chi connectivity index (χ2v) is 4.75. The van der Waals surface area contributed by atoms with E-state index >= 15 is 0 Å². The van der Waals surface area contributed by atoms with Gasteiger partial charge < -0.3 is 9.80 Å². The van der Waals surface area contributed by atoms with Crippen molar-refractivity contribution in [2.45, 2.75) is 39.5 Å². The second-order valence-electron chi connectivity index (χ2n) is 4.75.